The first-order valence-corrected chi connectivity index (χ1v) is 7.65. The molecule has 0 radical (unpaired) electrons. The van der Waals surface area contributed by atoms with Gasteiger partial charge in [-0.2, -0.15) is 0 Å². The van der Waals surface area contributed by atoms with Gasteiger partial charge in [0.05, 0.1) is 17.5 Å². The summed E-state index contributed by atoms with van der Waals surface area (Å²) in [6, 6.07) is 9.49. The highest BCUT2D eigenvalue weighted by Gasteiger charge is 2.29. The molecule has 1 aromatic carbocycles. The fraction of sp³-hybridized carbons (Fsp3) is 0.438. The molecule has 0 bridgehead atoms. The summed E-state index contributed by atoms with van der Waals surface area (Å²) < 4.78 is 1.56. The molecule has 0 saturated heterocycles. The number of benzene rings is 1. The van der Waals surface area contributed by atoms with Crippen molar-refractivity contribution < 1.29 is 9.90 Å². The van der Waals surface area contributed by atoms with Crippen molar-refractivity contribution in [1.29, 1.82) is 0 Å². The van der Waals surface area contributed by atoms with Crippen molar-refractivity contribution in [2.45, 2.75) is 37.7 Å². The molecule has 1 heterocycles. The molecular formula is C16H20N4O2. The minimum Gasteiger partial charge on any atom is -0.388 e. The molecule has 1 aromatic heterocycles. The van der Waals surface area contributed by atoms with Gasteiger partial charge < -0.3 is 10.4 Å². The molecule has 6 heteroatoms. The van der Waals surface area contributed by atoms with Crippen LogP contribution in [-0.4, -0.2) is 38.2 Å². The Morgan fingerprint density at radius 3 is 2.68 bits per heavy atom. The molecular weight excluding hydrogens is 280 g/mol. The summed E-state index contributed by atoms with van der Waals surface area (Å²) in [5.41, 5.74) is 0.326. The van der Waals surface area contributed by atoms with Gasteiger partial charge in [-0.25, -0.2) is 4.68 Å². The fourth-order valence-electron chi connectivity index (χ4n) is 2.80. The van der Waals surface area contributed by atoms with E-state index >= 15 is 0 Å². The molecule has 2 N–H and O–H groups in total. The highest BCUT2D eigenvalue weighted by molar-refractivity contribution is 5.91. The number of amides is 1. The van der Waals surface area contributed by atoms with Gasteiger partial charge >= 0.3 is 0 Å². The average molecular weight is 300 g/mol. The van der Waals surface area contributed by atoms with Crippen LogP contribution in [-0.2, 0) is 0 Å². The maximum absolute atomic E-state index is 12.1. The third-order valence-corrected chi connectivity index (χ3v) is 4.11. The molecule has 116 valence electrons. The molecule has 3 rings (SSSR count). The molecule has 0 atom stereocenters. The van der Waals surface area contributed by atoms with Crippen molar-refractivity contribution in [3.8, 4) is 5.69 Å². The maximum Gasteiger partial charge on any atom is 0.273 e. The zero-order chi connectivity index (χ0) is 15.4. The lowest BCUT2D eigenvalue weighted by Crippen LogP contribution is -2.44. The number of rotatable bonds is 4. The topological polar surface area (TPSA) is 80.0 Å². The Hall–Kier alpha value is -2.21. The van der Waals surface area contributed by atoms with Gasteiger partial charge in [0.1, 0.15) is 0 Å². The quantitative estimate of drug-likeness (QED) is 0.900. The van der Waals surface area contributed by atoms with E-state index in [-0.39, 0.29) is 18.1 Å². The molecule has 0 spiro atoms. The number of carbonyl (C=O) groups excluding carboxylic acids is 1. The molecule has 1 aliphatic carbocycles. The van der Waals surface area contributed by atoms with E-state index < -0.39 is 5.60 Å². The summed E-state index contributed by atoms with van der Waals surface area (Å²) in [6.07, 6.45) is 6.25. The summed E-state index contributed by atoms with van der Waals surface area (Å²) in [4.78, 5) is 12.1. The van der Waals surface area contributed by atoms with E-state index in [1.807, 2.05) is 30.3 Å². The molecule has 1 fully saturated rings. The molecule has 1 saturated carbocycles. The first-order chi connectivity index (χ1) is 10.7. The minimum absolute atomic E-state index is 0.253. The van der Waals surface area contributed by atoms with Crippen molar-refractivity contribution in [1.82, 2.24) is 20.3 Å². The molecule has 2 aromatic rings. The van der Waals surface area contributed by atoms with Gasteiger partial charge in [0.15, 0.2) is 5.69 Å². The van der Waals surface area contributed by atoms with E-state index in [9.17, 15) is 9.90 Å². The Morgan fingerprint density at radius 2 is 1.95 bits per heavy atom. The Morgan fingerprint density at radius 1 is 1.23 bits per heavy atom. The highest BCUT2D eigenvalue weighted by Crippen LogP contribution is 2.27. The number of hydrogen-bond acceptors (Lipinski definition) is 4. The van der Waals surface area contributed by atoms with E-state index in [0.29, 0.717) is 0 Å². The summed E-state index contributed by atoms with van der Waals surface area (Å²) in [7, 11) is 0. The normalized spacial score (nSPS) is 17.1. The van der Waals surface area contributed by atoms with Gasteiger partial charge in [0, 0.05) is 6.54 Å². The van der Waals surface area contributed by atoms with Gasteiger partial charge in [0.25, 0.3) is 5.91 Å². The van der Waals surface area contributed by atoms with Crippen LogP contribution >= 0.6 is 0 Å². The van der Waals surface area contributed by atoms with Crippen LogP contribution in [0.2, 0.25) is 0 Å². The van der Waals surface area contributed by atoms with Crippen LogP contribution in [0.1, 0.15) is 42.6 Å². The van der Waals surface area contributed by atoms with Crippen LogP contribution in [0.3, 0.4) is 0 Å². The lowest BCUT2D eigenvalue weighted by Gasteiger charge is -2.31. The van der Waals surface area contributed by atoms with Gasteiger partial charge in [-0.3, -0.25) is 4.79 Å². The standard InChI is InChI=1S/C16H20N4O2/c21-15(17-12-16(22)9-5-2-6-10-16)14-11-20(19-18-14)13-7-3-1-4-8-13/h1,3-4,7-8,11,22H,2,5-6,9-10,12H2,(H,17,21). The fourth-order valence-corrected chi connectivity index (χ4v) is 2.80. The monoisotopic (exact) mass is 300 g/mol. The van der Waals surface area contributed by atoms with Crippen LogP contribution in [0.5, 0.6) is 0 Å². The van der Waals surface area contributed by atoms with Crippen molar-refractivity contribution in [3.63, 3.8) is 0 Å². The number of nitrogens with one attached hydrogen (secondary N) is 1. The SMILES string of the molecule is O=C(NCC1(O)CCCCC1)c1cn(-c2ccccc2)nn1. The lowest BCUT2D eigenvalue weighted by molar-refractivity contribution is 0.00521. The number of aliphatic hydroxyl groups is 1. The number of carbonyl (C=O) groups is 1. The maximum atomic E-state index is 12.1. The first kappa shape index (κ1) is 14.7. The van der Waals surface area contributed by atoms with E-state index in [4.69, 9.17) is 0 Å². The van der Waals surface area contributed by atoms with E-state index in [0.717, 1.165) is 37.8 Å². The Labute approximate surface area is 129 Å². The Bertz CT molecular complexity index is 633. The number of aromatic nitrogens is 3. The molecule has 6 nitrogen and oxygen atoms in total. The van der Waals surface area contributed by atoms with Gasteiger partial charge in [0.2, 0.25) is 0 Å². The second-order valence-corrected chi connectivity index (χ2v) is 5.85. The van der Waals surface area contributed by atoms with Crippen LogP contribution in [0.4, 0.5) is 0 Å². The van der Waals surface area contributed by atoms with Crippen molar-refractivity contribution in [2.24, 2.45) is 0 Å². The van der Waals surface area contributed by atoms with Crippen molar-refractivity contribution in [2.75, 3.05) is 6.54 Å². The molecule has 1 aliphatic rings. The third kappa shape index (κ3) is 3.33. The predicted molar refractivity (Wildman–Crippen MR) is 81.7 cm³/mol. The zero-order valence-electron chi connectivity index (χ0n) is 12.4. The van der Waals surface area contributed by atoms with E-state index in [1.165, 1.54) is 0 Å². The van der Waals surface area contributed by atoms with E-state index in [1.54, 1.807) is 10.9 Å². The number of para-hydroxylation sites is 1. The molecule has 22 heavy (non-hydrogen) atoms. The minimum atomic E-state index is -0.774. The molecule has 0 aliphatic heterocycles. The summed E-state index contributed by atoms with van der Waals surface area (Å²) in [6.45, 7) is 0.268. The first-order valence-electron chi connectivity index (χ1n) is 7.65. The predicted octanol–water partition coefficient (Wildman–Crippen LogP) is 1.69. The Kier molecular flexibility index (Phi) is 4.20. The summed E-state index contributed by atoms with van der Waals surface area (Å²) in [5, 5.41) is 21.0. The van der Waals surface area contributed by atoms with Crippen LogP contribution in [0, 0.1) is 0 Å². The average Bonchev–Trinajstić information content (AvgIpc) is 3.04. The van der Waals surface area contributed by atoms with Gasteiger partial charge in [-0.1, -0.05) is 42.7 Å². The van der Waals surface area contributed by atoms with Crippen LogP contribution in [0.15, 0.2) is 36.5 Å². The van der Waals surface area contributed by atoms with Gasteiger partial charge in [-0.05, 0) is 25.0 Å². The number of nitrogens with zero attached hydrogens (tertiary/aromatic N) is 3. The summed E-state index contributed by atoms with van der Waals surface area (Å²) in [5.74, 6) is -0.304. The lowest BCUT2D eigenvalue weighted by atomic mass is 9.85. The highest BCUT2D eigenvalue weighted by atomic mass is 16.3. The smallest absolute Gasteiger partial charge is 0.273 e. The van der Waals surface area contributed by atoms with Gasteiger partial charge in [-0.15, -0.1) is 5.10 Å². The Balaban J connectivity index is 1.62. The molecule has 1 amide bonds. The van der Waals surface area contributed by atoms with Crippen LogP contribution < -0.4 is 5.32 Å². The third-order valence-electron chi connectivity index (χ3n) is 4.11. The van der Waals surface area contributed by atoms with E-state index in [2.05, 4.69) is 15.6 Å². The van der Waals surface area contributed by atoms with Crippen molar-refractivity contribution in [3.05, 3.63) is 42.2 Å². The van der Waals surface area contributed by atoms with Crippen LogP contribution in [0.25, 0.3) is 5.69 Å². The number of hydrogen-bond donors (Lipinski definition) is 2. The molecule has 0 unspecified atom stereocenters. The zero-order valence-corrected chi connectivity index (χ0v) is 12.4. The second kappa shape index (κ2) is 6.27. The largest absolute Gasteiger partial charge is 0.388 e. The second-order valence-electron chi connectivity index (χ2n) is 5.85. The van der Waals surface area contributed by atoms with Crippen molar-refractivity contribution >= 4 is 5.91 Å². The summed E-state index contributed by atoms with van der Waals surface area (Å²) >= 11 is 0.